The molecule has 1 heterocycles. The molecular weight excluding hydrogens is 386 g/mol. The zero-order valence-corrected chi connectivity index (χ0v) is 19.2. The minimum Gasteiger partial charge on any atom is -0.322 e. The summed E-state index contributed by atoms with van der Waals surface area (Å²) in [6, 6.07) is 21.7. The second kappa shape index (κ2) is 8.58. The largest absolute Gasteiger partial charge is 0.322 e. The highest BCUT2D eigenvalue weighted by Crippen LogP contribution is 2.74. The molecule has 1 N–H and O–H groups in total. The Morgan fingerprint density at radius 2 is 1.63 bits per heavy atom. The smallest absolute Gasteiger partial charge is 0.0957 e. The van der Waals surface area contributed by atoms with E-state index in [0.29, 0.717) is 0 Å². The third-order valence-corrected chi connectivity index (χ3v) is 10.0. The van der Waals surface area contributed by atoms with Crippen molar-refractivity contribution in [1.82, 2.24) is 5.32 Å². The summed E-state index contributed by atoms with van der Waals surface area (Å²) in [5, 5.41) is 3.74. The van der Waals surface area contributed by atoms with E-state index in [-0.39, 0.29) is 22.8 Å². The second-order valence-electron chi connectivity index (χ2n) is 9.09. The van der Waals surface area contributed by atoms with Crippen molar-refractivity contribution >= 4 is 10.3 Å². The summed E-state index contributed by atoms with van der Waals surface area (Å²) in [5.74, 6) is 0.264. The van der Waals surface area contributed by atoms with Crippen molar-refractivity contribution in [3.63, 3.8) is 0 Å². The molecule has 2 aromatic rings. The van der Waals surface area contributed by atoms with Gasteiger partial charge in [0.1, 0.15) is 0 Å². The van der Waals surface area contributed by atoms with E-state index in [4.69, 9.17) is 4.18 Å². The van der Waals surface area contributed by atoms with Crippen LogP contribution in [-0.4, -0.2) is 16.9 Å². The topological polar surface area (TPSA) is 21.3 Å². The first kappa shape index (κ1) is 21.2. The van der Waals surface area contributed by atoms with E-state index < -0.39 is 10.3 Å². The van der Waals surface area contributed by atoms with Gasteiger partial charge < -0.3 is 9.50 Å². The van der Waals surface area contributed by atoms with Gasteiger partial charge in [-0.3, -0.25) is 0 Å². The summed E-state index contributed by atoms with van der Waals surface area (Å²) in [5.41, 5.74) is 1.30. The van der Waals surface area contributed by atoms with Gasteiger partial charge in [0.2, 0.25) is 0 Å². The Kier molecular flexibility index (Phi) is 6.06. The molecule has 4 rings (SSSR count). The maximum absolute atomic E-state index is 7.27. The normalized spacial score (nSPS) is 28.9. The van der Waals surface area contributed by atoms with Gasteiger partial charge in [0.15, 0.2) is 0 Å². The summed E-state index contributed by atoms with van der Waals surface area (Å²) < 4.78 is 7.24. The number of allylic oxidation sites excluding steroid dienone is 3. The number of hydrogen-bond acceptors (Lipinski definition) is 2. The molecule has 4 atom stereocenters. The summed E-state index contributed by atoms with van der Waals surface area (Å²) in [4.78, 5) is 2.64. The molecule has 0 fully saturated rings. The molecule has 1 aliphatic carbocycles. The van der Waals surface area contributed by atoms with Gasteiger partial charge in [-0.25, -0.2) is 0 Å². The number of hydrogen-bond donors (Lipinski definition) is 1. The fraction of sp³-hybridized carbons (Fsp3) is 0.333. The van der Waals surface area contributed by atoms with E-state index in [9.17, 15) is 0 Å². The zero-order chi connectivity index (χ0) is 21.2. The lowest BCUT2D eigenvalue weighted by atomic mass is 9.96. The second-order valence-corrected chi connectivity index (χ2v) is 12.6. The van der Waals surface area contributed by atoms with Crippen molar-refractivity contribution in [3.05, 3.63) is 102 Å². The highest BCUT2D eigenvalue weighted by Gasteiger charge is 2.48. The summed E-state index contributed by atoms with van der Waals surface area (Å²) >= 11 is 0. The molecule has 0 saturated carbocycles. The van der Waals surface area contributed by atoms with Crippen molar-refractivity contribution in [2.24, 2.45) is 5.92 Å². The van der Waals surface area contributed by atoms with Gasteiger partial charge in [0, 0.05) is 33.1 Å². The molecule has 0 spiro atoms. The first-order chi connectivity index (χ1) is 14.4. The van der Waals surface area contributed by atoms with Gasteiger partial charge in [-0.1, -0.05) is 83.1 Å². The van der Waals surface area contributed by atoms with E-state index >= 15 is 0 Å². The van der Waals surface area contributed by atoms with Gasteiger partial charge in [0.25, 0.3) is 0 Å². The molecule has 0 amide bonds. The maximum atomic E-state index is 7.27. The molecule has 4 unspecified atom stereocenters. The van der Waals surface area contributed by atoms with Crippen molar-refractivity contribution in [1.29, 1.82) is 0 Å². The standard InChI is InChI=1S/C27H33NOS/c1-21(28-20-22-13-7-5-8-14-22)26-23-15-11-12-18-25(19-23)30(29-26,27(2,3)4)24-16-9-6-10-17-24/h5-19,21,23,26,28H,20H2,1-4H3. The van der Waals surface area contributed by atoms with E-state index in [2.05, 4.69) is 124 Å². The molecule has 1 aliphatic heterocycles. The molecule has 3 heteroatoms. The third-order valence-electron chi connectivity index (χ3n) is 5.93. The van der Waals surface area contributed by atoms with Crippen molar-refractivity contribution in [2.75, 3.05) is 0 Å². The minimum atomic E-state index is -1.67. The van der Waals surface area contributed by atoms with Gasteiger partial charge in [-0.05, 0) is 51.5 Å². The van der Waals surface area contributed by atoms with Crippen LogP contribution in [0.3, 0.4) is 0 Å². The molecule has 2 aliphatic rings. The Morgan fingerprint density at radius 3 is 2.30 bits per heavy atom. The SMILES string of the molecule is CC(NCc1ccccc1)C1OS(c2ccccc2)(C(C)(C)C)C2=CC1C=CC=C2. The molecule has 0 aromatic heterocycles. The van der Waals surface area contributed by atoms with Gasteiger partial charge >= 0.3 is 0 Å². The van der Waals surface area contributed by atoms with E-state index in [1.165, 1.54) is 15.4 Å². The van der Waals surface area contributed by atoms with Gasteiger partial charge in [0.05, 0.1) is 6.10 Å². The fourth-order valence-electron chi connectivity index (χ4n) is 4.39. The summed E-state index contributed by atoms with van der Waals surface area (Å²) in [6.45, 7) is 10.1. The van der Waals surface area contributed by atoms with Crippen LogP contribution in [-0.2, 0) is 10.7 Å². The summed E-state index contributed by atoms with van der Waals surface area (Å²) in [6.07, 6.45) is 11.4. The lowest BCUT2D eigenvalue weighted by Gasteiger charge is -2.56. The van der Waals surface area contributed by atoms with Crippen molar-refractivity contribution in [3.8, 4) is 0 Å². The monoisotopic (exact) mass is 419 g/mol. The Morgan fingerprint density at radius 1 is 0.967 bits per heavy atom. The molecule has 2 aromatic carbocycles. The molecule has 0 radical (unpaired) electrons. The highest BCUT2D eigenvalue weighted by atomic mass is 32.3. The first-order valence-corrected chi connectivity index (χ1v) is 12.4. The lowest BCUT2D eigenvalue weighted by molar-refractivity contribution is 0.147. The van der Waals surface area contributed by atoms with Crippen molar-refractivity contribution < 1.29 is 4.18 Å². The van der Waals surface area contributed by atoms with Crippen molar-refractivity contribution in [2.45, 2.75) is 56.0 Å². The Balaban J connectivity index is 1.71. The van der Waals surface area contributed by atoms with E-state index in [0.717, 1.165) is 6.54 Å². The van der Waals surface area contributed by atoms with Crippen LogP contribution in [0.1, 0.15) is 33.3 Å². The highest BCUT2D eigenvalue weighted by molar-refractivity contribution is 8.34. The zero-order valence-electron chi connectivity index (χ0n) is 18.4. The van der Waals surface area contributed by atoms with Crippen LogP contribution in [0, 0.1) is 5.92 Å². The predicted octanol–water partition coefficient (Wildman–Crippen LogP) is 6.77. The molecule has 0 saturated heterocycles. The summed E-state index contributed by atoms with van der Waals surface area (Å²) in [7, 11) is -1.67. The van der Waals surface area contributed by atoms with Crippen LogP contribution in [0.4, 0.5) is 0 Å². The minimum absolute atomic E-state index is 0.0305. The lowest BCUT2D eigenvalue weighted by Crippen LogP contribution is -2.47. The van der Waals surface area contributed by atoms with Crippen LogP contribution in [0.15, 0.2) is 101 Å². The van der Waals surface area contributed by atoms with Crippen LogP contribution in [0.2, 0.25) is 0 Å². The average molecular weight is 420 g/mol. The number of rotatable bonds is 5. The van der Waals surface area contributed by atoms with Crippen LogP contribution >= 0.6 is 10.3 Å². The molecular formula is C27H33NOS. The van der Waals surface area contributed by atoms with Crippen LogP contribution < -0.4 is 5.32 Å². The number of fused-ring (bicyclic) bond motifs is 1. The van der Waals surface area contributed by atoms with Crippen LogP contribution in [0.5, 0.6) is 0 Å². The molecule has 2 nitrogen and oxygen atoms in total. The van der Waals surface area contributed by atoms with E-state index in [1.807, 2.05) is 0 Å². The number of nitrogens with one attached hydrogen (secondary N) is 1. The van der Waals surface area contributed by atoms with Crippen LogP contribution in [0.25, 0.3) is 0 Å². The molecule has 158 valence electrons. The average Bonchev–Trinajstić information content (AvgIpc) is 2.96. The Labute approximate surface area is 183 Å². The first-order valence-electron chi connectivity index (χ1n) is 10.8. The Hall–Kier alpha value is -2.07. The maximum Gasteiger partial charge on any atom is 0.0957 e. The third kappa shape index (κ3) is 3.94. The number of benzene rings is 2. The fourth-order valence-corrected chi connectivity index (χ4v) is 8.37. The predicted molar refractivity (Wildman–Crippen MR) is 130 cm³/mol. The Bertz CT molecular complexity index is 942. The molecule has 2 bridgehead atoms. The van der Waals surface area contributed by atoms with Gasteiger partial charge in [-0.15, -0.1) is 0 Å². The van der Waals surface area contributed by atoms with E-state index in [1.54, 1.807) is 0 Å². The van der Waals surface area contributed by atoms with Gasteiger partial charge in [-0.2, -0.15) is 0 Å². The molecule has 30 heavy (non-hydrogen) atoms. The quantitative estimate of drug-likeness (QED) is 0.577.